The third-order valence-electron chi connectivity index (χ3n) is 10.0. The van der Waals surface area contributed by atoms with E-state index in [2.05, 4.69) is 125 Å². The lowest BCUT2D eigenvalue weighted by Crippen LogP contribution is -2.17. The second-order valence-electron chi connectivity index (χ2n) is 13.7. The summed E-state index contributed by atoms with van der Waals surface area (Å²) in [5.74, 6) is 2.16. The van der Waals surface area contributed by atoms with E-state index >= 15 is 0 Å². The molecule has 3 heterocycles. The number of ether oxygens (including phenoxy) is 1. The molecular formula is C45H36N2O2. The zero-order chi connectivity index (χ0) is 33.2. The summed E-state index contributed by atoms with van der Waals surface area (Å²) in [5.41, 5.74) is 11.0. The molecule has 1 aliphatic rings. The third kappa shape index (κ3) is 4.74. The van der Waals surface area contributed by atoms with Crippen LogP contribution in [-0.4, -0.2) is 10.7 Å². The molecule has 49 heavy (non-hydrogen) atoms. The monoisotopic (exact) mass is 636 g/mol. The van der Waals surface area contributed by atoms with Crippen LogP contribution < -0.4 is 4.74 Å². The van der Waals surface area contributed by atoms with E-state index < -0.39 is 0 Å². The summed E-state index contributed by atoms with van der Waals surface area (Å²) in [7, 11) is 0. The number of nitrogens with zero attached hydrogens (tertiary/aromatic N) is 2. The van der Waals surface area contributed by atoms with E-state index in [1.54, 1.807) is 0 Å². The molecule has 2 aromatic heterocycles. The Hall–Kier alpha value is -5.74. The average molecular weight is 637 g/mol. The number of aromatic nitrogens is 1. The van der Waals surface area contributed by atoms with E-state index in [-0.39, 0.29) is 5.92 Å². The fraction of sp³-hybridized carbons (Fsp3) is 0.156. The minimum atomic E-state index is 0.0163. The van der Waals surface area contributed by atoms with Crippen molar-refractivity contribution in [1.82, 2.24) is 4.98 Å². The first-order valence-corrected chi connectivity index (χ1v) is 17.2. The largest absolute Gasteiger partial charge is 0.453 e. The van der Waals surface area contributed by atoms with Gasteiger partial charge in [-0.15, -0.1) is 0 Å². The summed E-state index contributed by atoms with van der Waals surface area (Å²) in [4.78, 5) is 10.1. The summed E-state index contributed by atoms with van der Waals surface area (Å²) >= 11 is 0. The summed E-state index contributed by atoms with van der Waals surface area (Å²) < 4.78 is 13.4. The highest BCUT2D eigenvalue weighted by Gasteiger charge is 2.34. The standard InChI is InChI=1S/C45H36N2O2/c1-26(2)31-17-10-18-32(27(3)4)40(31)42-34-15-5-7-19-37(34)47-44(42)29-12-9-14-30(24-29)48-39-25-36-33(22-21-28-13-11-23-46-43(28)36)41-35-16-6-8-20-38(35)49-45(39)41/h5-27,42H,1-4H3. The first kappa shape index (κ1) is 29.4. The van der Waals surface area contributed by atoms with Crippen LogP contribution >= 0.6 is 0 Å². The van der Waals surface area contributed by atoms with Gasteiger partial charge < -0.3 is 9.15 Å². The fourth-order valence-electron chi connectivity index (χ4n) is 7.78. The van der Waals surface area contributed by atoms with Crippen LogP contribution in [0.1, 0.15) is 73.3 Å². The molecular weight excluding hydrogens is 601 g/mol. The zero-order valence-electron chi connectivity index (χ0n) is 28.1. The van der Waals surface area contributed by atoms with Crippen LogP contribution in [0.2, 0.25) is 0 Å². The lowest BCUT2D eigenvalue weighted by Gasteiger charge is -2.26. The number of hydrogen-bond acceptors (Lipinski definition) is 4. The van der Waals surface area contributed by atoms with Crippen LogP contribution in [0.4, 0.5) is 5.69 Å². The molecule has 0 saturated carbocycles. The van der Waals surface area contributed by atoms with Crippen molar-refractivity contribution < 1.29 is 9.15 Å². The van der Waals surface area contributed by atoms with E-state index in [9.17, 15) is 0 Å². The molecule has 0 radical (unpaired) electrons. The minimum Gasteiger partial charge on any atom is -0.453 e. The van der Waals surface area contributed by atoms with Crippen molar-refractivity contribution >= 4 is 55.0 Å². The molecule has 4 nitrogen and oxygen atoms in total. The van der Waals surface area contributed by atoms with Gasteiger partial charge in [-0.25, -0.2) is 0 Å². The van der Waals surface area contributed by atoms with Gasteiger partial charge >= 0.3 is 0 Å². The van der Waals surface area contributed by atoms with Crippen LogP contribution in [0.15, 0.2) is 137 Å². The van der Waals surface area contributed by atoms with Gasteiger partial charge in [-0.2, -0.15) is 0 Å². The Balaban J connectivity index is 1.21. The lowest BCUT2D eigenvalue weighted by atomic mass is 9.76. The van der Waals surface area contributed by atoms with Crippen LogP contribution in [0.25, 0.3) is 43.6 Å². The predicted molar refractivity (Wildman–Crippen MR) is 202 cm³/mol. The van der Waals surface area contributed by atoms with Crippen molar-refractivity contribution in [3.8, 4) is 11.5 Å². The van der Waals surface area contributed by atoms with E-state index in [1.165, 1.54) is 22.3 Å². The van der Waals surface area contributed by atoms with Gasteiger partial charge in [0, 0.05) is 33.3 Å². The molecule has 1 atom stereocenters. The Bertz CT molecular complexity index is 2580. The Labute approximate surface area is 285 Å². The van der Waals surface area contributed by atoms with Gasteiger partial charge in [0.15, 0.2) is 11.3 Å². The second-order valence-corrected chi connectivity index (χ2v) is 13.7. The summed E-state index contributed by atoms with van der Waals surface area (Å²) in [5, 5.41) is 5.31. The fourth-order valence-corrected chi connectivity index (χ4v) is 7.78. The molecule has 8 aromatic rings. The smallest absolute Gasteiger partial charge is 0.178 e. The number of para-hydroxylation sites is 2. The van der Waals surface area contributed by atoms with Crippen molar-refractivity contribution in [2.24, 2.45) is 4.99 Å². The maximum Gasteiger partial charge on any atom is 0.178 e. The van der Waals surface area contributed by atoms with Crippen LogP contribution in [0, 0.1) is 0 Å². The van der Waals surface area contributed by atoms with Crippen molar-refractivity contribution in [2.45, 2.75) is 45.4 Å². The maximum absolute atomic E-state index is 6.84. The molecule has 9 rings (SSSR count). The number of hydrogen-bond donors (Lipinski definition) is 0. The topological polar surface area (TPSA) is 47.6 Å². The predicted octanol–water partition coefficient (Wildman–Crippen LogP) is 12.6. The number of aliphatic imine (C=N–C) groups is 1. The molecule has 1 aliphatic heterocycles. The third-order valence-corrected chi connectivity index (χ3v) is 10.0. The van der Waals surface area contributed by atoms with Crippen LogP contribution in [0.3, 0.4) is 0 Å². The average Bonchev–Trinajstić information content (AvgIpc) is 3.71. The number of pyridine rings is 1. The van der Waals surface area contributed by atoms with E-state index in [0.717, 1.165) is 66.3 Å². The Morgan fingerprint density at radius 3 is 2.29 bits per heavy atom. The van der Waals surface area contributed by atoms with E-state index in [4.69, 9.17) is 19.1 Å². The summed E-state index contributed by atoms with van der Waals surface area (Å²) in [6.07, 6.45) is 1.85. The zero-order valence-corrected chi connectivity index (χ0v) is 28.1. The Morgan fingerprint density at radius 1 is 0.673 bits per heavy atom. The number of rotatable bonds is 6. The lowest BCUT2D eigenvalue weighted by molar-refractivity contribution is 0.477. The van der Waals surface area contributed by atoms with Crippen molar-refractivity contribution in [1.29, 1.82) is 0 Å². The Morgan fingerprint density at radius 2 is 1.45 bits per heavy atom. The van der Waals surface area contributed by atoms with Gasteiger partial charge in [0.1, 0.15) is 11.3 Å². The van der Waals surface area contributed by atoms with Crippen molar-refractivity contribution in [3.05, 3.63) is 155 Å². The van der Waals surface area contributed by atoms with E-state index in [1.807, 2.05) is 30.5 Å². The maximum atomic E-state index is 6.84. The molecule has 4 heteroatoms. The van der Waals surface area contributed by atoms with Gasteiger partial charge in [-0.3, -0.25) is 9.98 Å². The van der Waals surface area contributed by atoms with Gasteiger partial charge in [-0.1, -0.05) is 113 Å². The van der Waals surface area contributed by atoms with Gasteiger partial charge in [0.2, 0.25) is 0 Å². The molecule has 0 fully saturated rings. The van der Waals surface area contributed by atoms with Gasteiger partial charge in [-0.05, 0) is 75.9 Å². The molecule has 1 unspecified atom stereocenters. The molecule has 0 bridgehead atoms. The quantitative estimate of drug-likeness (QED) is 0.171. The van der Waals surface area contributed by atoms with Crippen LogP contribution in [-0.2, 0) is 0 Å². The first-order valence-electron chi connectivity index (χ1n) is 17.2. The molecule has 0 amide bonds. The molecule has 6 aromatic carbocycles. The number of fused-ring (bicyclic) bond motifs is 8. The highest BCUT2D eigenvalue weighted by Crippen LogP contribution is 2.47. The molecule has 238 valence electrons. The number of benzene rings is 6. The Kier molecular flexibility index (Phi) is 6.87. The normalized spacial score (nSPS) is 14.4. The highest BCUT2D eigenvalue weighted by atomic mass is 16.5. The first-order chi connectivity index (χ1) is 24.0. The van der Waals surface area contributed by atoms with Gasteiger partial charge in [0.05, 0.1) is 22.8 Å². The van der Waals surface area contributed by atoms with E-state index in [0.29, 0.717) is 17.6 Å². The highest BCUT2D eigenvalue weighted by molar-refractivity contribution is 6.24. The summed E-state index contributed by atoms with van der Waals surface area (Å²) in [6.45, 7) is 9.15. The molecule has 0 spiro atoms. The second kappa shape index (κ2) is 11.5. The molecule has 0 aliphatic carbocycles. The van der Waals surface area contributed by atoms with Gasteiger partial charge in [0.25, 0.3) is 0 Å². The minimum absolute atomic E-state index is 0.0163. The van der Waals surface area contributed by atoms with Crippen molar-refractivity contribution in [2.75, 3.05) is 0 Å². The SMILES string of the molecule is CC(C)c1cccc(C(C)C)c1C1C(c2cccc(Oc3cc4c(ccc5cccnc54)c4c3oc3ccccc34)c2)=Nc2ccccc21. The van der Waals surface area contributed by atoms with Crippen molar-refractivity contribution in [3.63, 3.8) is 0 Å². The van der Waals surface area contributed by atoms with Crippen LogP contribution in [0.5, 0.6) is 11.5 Å². The summed E-state index contributed by atoms with van der Waals surface area (Å²) in [6, 6.07) is 42.4. The molecule has 0 saturated heterocycles. The molecule has 0 N–H and O–H groups in total. The number of furan rings is 1.